The molecular formula is C10H10N4O4. The second kappa shape index (κ2) is 3.99. The van der Waals surface area contributed by atoms with Crippen LogP contribution in [0.5, 0.6) is 0 Å². The number of benzene rings is 1. The number of aromatic amines is 2. The fourth-order valence-electron chi connectivity index (χ4n) is 1.76. The van der Waals surface area contributed by atoms with E-state index in [1.54, 1.807) is 13.8 Å². The third-order valence-electron chi connectivity index (χ3n) is 2.85. The Hall–Kier alpha value is -2.64. The van der Waals surface area contributed by atoms with Crippen LogP contribution >= 0.6 is 0 Å². The standard InChI is InChI=1S/C10H10N4O4/c1-5-6(2)8(14(17)18)4-3-7(5)13-9(15)11-12-10(13)16/h3-4H,1-2H3,(H,11,15)(H,12,16). The minimum absolute atomic E-state index is 0.0451. The lowest BCUT2D eigenvalue weighted by atomic mass is 10.1. The van der Waals surface area contributed by atoms with Gasteiger partial charge in [-0.05, 0) is 25.5 Å². The van der Waals surface area contributed by atoms with Crippen molar-refractivity contribution in [3.05, 3.63) is 54.3 Å². The average Bonchev–Trinajstić information content (AvgIpc) is 2.63. The first kappa shape index (κ1) is 11.8. The zero-order chi connectivity index (χ0) is 13.4. The summed E-state index contributed by atoms with van der Waals surface area (Å²) < 4.78 is 0.895. The van der Waals surface area contributed by atoms with E-state index in [-0.39, 0.29) is 5.69 Å². The van der Waals surface area contributed by atoms with Gasteiger partial charge in [0.2, 0.25) is 0 Å². The van der Waals surface area contributed by atoms with E-state index in [4.69, 9.17) is 0 Å². The van der Waals surface area contributed by atoms with Gasteiger partial charge in [-0.3, -0.25) is 10.1 Å². The number of hydrogen-bond acceptors (Lipinski definition) is 4. The van der Waals surface area contributed by atoms with Crippen LogP contribution in [0.2, 0.25) is 0 Å². The summed E-state index contributed by atoms with van der Waals surface area (Å²) in [5.41, 5.74) is -0.0176. The first-order valence-corrected chi connectivity index (χ1v) is 5.08. The summed E-state index contributed by atoms with van der Waals surface area (Å²) in [6, 6.07) is 2.65. The Kier molecular flexibility index (Phi) is 2.62. The van der Waals surface area contributed by atoms with Crippen LogP contribution in [-0.4, -0.2) is 19.7 Å². The molecule has 18 heavy (non-hydrogen) atoms. The first-order chi connectivity index (χ1) is 8.43. The van der Waals surface area contributed by atoms with E-state index < -0.39 is 16.3 Å². The molecule has 94 valence electrons. The summed E-state index contributed by atoms with van der Waals surface area (Å²) in [7, 11) is 0. The lowest BCUT2D eigenvalue weighted by Gasteiger charge is -2.07. The van der Waals surface area contributed by atoms with Crippen LogP contribution in [0.15, 0.2) is 21.7 Å². The molecule has 2 rings (SSSR count). The van der Waals surface area contributed by atoms with Crippen molar-refractivity contribution in [3.63, 3.8) is 0 Å². The van der Waals surface area contributed by atoms with Gasteiger partial charge in [0.15, 0.2) is 0 Å². The molecule has 0 fully saturated rings. The zero-order valence-electron chi connectivity index (χ0n) is 9.68. The normalized spacial score (nSPS) is 10.6. The van der Waals surface area contributed by atoms with E-state index in [1.165, 1.54) is 12.1 Å². The van der Waals surface area contributed by atoms with Gasteiger partial charge in [-0.1, -0.05) is 0 Å². The van der Waals surface area contributed by atoms with Gasteiger partial charge in [0.25, 0.3) is 5.69 Å². The molecule has 0 amide bonds. The number of nitrogens with zero attached hydrogens (tertiary/aromatic N) is 2. The Balaban J connectivity index is 2.76. The average molecular weight is 250 g/mol. The van der Waals surface area contributed by atoms with Crippen LogP contribution < -0.4 is 11.4 Å². The molecular weight excluding hydrogens is 240 g/mol. The smallest absolute Gasteiger partial charge is 0.258 e. The van der Waals surface area contributed by atoms with E-state index in [0.717, 1.165) is 4.57 Å². The molecule has 0 bridgehead atoms. The van der Waals surface area contributed by atoms with Gasteiger partial charge in [-0.15, -0.1) is 0 Å². The highest BCUT2D eigenvalue weighted by molar-refractivity contribution is 5.54. The largest absolute Gasteiger partial charge is 0.348 e. The fourth-order valence-corrected chi connectivity index (χ4v) is 1.76. The highest BCUT2D eigenvalue weighted by atomic mass is 16.6. The Labute approximate surface area is 100 Å². The van der Waals surface area contributed by atoms with Crippen LogP contribution in [0.25, 0.3) is 5.69 Å². The van der Waals surface area contributed by atoms with Crippen LogP contribution in [0.3, 0.4) is 0 Å². The molecule has 8 nitrogen and oxygen atoms in total. The molecule has 0 aliphatic rings. The highest BCUT2D eigenvalue weighted by Gasteiger charge is 2.17. The fraction of sp³-hybridized carbons (Fsp3) is 0.200. The van der Waals surface area contributed by atoms with Gasteiger partial charge in [0.05, 0.1) is 10.6 Å². The molecule has 0 saturated heterocycles. The SMILES string of the molecule is Cc1c(-n2c(=O)[nH][nH]c2=O)ccc([N+](=O)[O-])c1C. The van der Waals surface area contributed by atoms with Gasteiger partial charge in [0, 0.05) is 11.6 Å². The highest BCUT2D eigenvalue weighted by Crippen LogP contribution is 2.24. The molecule has 0 aliphatic heterocycles. The van der Waals surface area contributed by atoms with Crippen molar-refractivity contribution in [2.45, 2.75) is 13.8 Å². The molecule has 0 radical (unpaired) electrons. The number of nitro groups is 1. The predicted octanol–water partition coefficient (Wildman–Crippen LogP) is 0.379. The maximum absolute atomic E-state index is 11.5. The van der Waals surface area contributed by atoms with Crippen molar-refractivity contribution < 1.29 is 4.92 Å². The second-order valence-electron chi connectivity index (χ2n) is 3.81. The van der Waals surface area contributed by atoms with Gasteiger partial charge in [0.1, 0.15) is 0 Å². The minimum atomic E-state index is -0.614. The third-order valence-corrected chi connectivity index (χ3v) is 2.85. The molecule has 1 heterocycles. The number of rotatable bonds is 2. The molecule has 2 aromatic rings. The molecule has 0 atom stereocenters. The second-order valence-corrected chi connectivity index (χ2v) is 3.81. The van der Waals surface area contributed by atoms with E-state index >= 15 is 0 Å². The zero-order valence-corrected chi connectivity index (χ0v) is 9.68. The summed E-state index contributed by atoms with van der Waals surface area (Å²) in [6.07, 6.45) is 0. The first-order valence-electron chi connectivity index (χ1n) is 5.08. The Bertz CT molecular complexity index is 710. The van der Waals surface area contributed by atoms with Gasteiger partial charge in [-0.2, -0.15) is 0 Å². The summed E-state index contributed by atoms with van der Waals surface area (Å²) in [4.78, 5) is 33.2. The molecule has 1 aromatic carbocycles. The maximum atomic E-state index is 11.5. The van der Waals surface area contributed by atoms with Crippen molar-refractivity contribution in [2.75, 3.05) is 0 Å². The molecule has 8 heteroatoms. The van der Waals surface area contributed by atoms with Crippen molar-refractivity contribution >= 4 is 5.69 Å². The Morgan fingerprint density at radius 2 is 1.67 bits per heavy atom. The van der Waals surface area contributed by atoms with Gasteiger partial charge >= 0.3 is 11.4 Å². The van der Waals surface area contributed by atoms with Crippen molar-refractivity contribution in [3.8, 4) is 5.69 Å². The van der Waals surface area contributed by atoms with Gasteiger partial charge < -0.3 is 0 Å². The quantitative estimate of drug-likeness (QED) is 0.592. The summed E-state index contributed by atoms with van der Waals surface area (Å²) in [6.45, 7) is 3.19. The third kappa shape index (κ3) is 1.63. The molecule has 0 unspecified atom stereocenters. The van der Waals surface area contributed by atoms with Crippen molar-refractivity contribution in [1.29, 1.82) is 0 Å². The monoisotopic (exact) mass is 250 g/mol. The Morgan fingerprint density at radius 3 is 2.17 bits per heavy atom. The number of nitro benzene ring substituents is 1. The molecule has 0 aliphatic carbocycles. The maximum Gasteiger partial charge on any atom is 0.348 e. The summed E-state index contributed by atoms with van der Waals surface area (Å²) >= 11 is 0. The molecule has 1 aromatic heterocycles. The summed E-state index contributed by atoms with van der Waals surface area (Å²) in [5, 5.41) is 15.1. The lowest BCUT2D eigenvalue weighted by molar-refractivity contribution is -0.385. The van der Waals surface area contributed by atoms with E-state index in [9.17, 15) is 19.7 Å². The van der Waals surface area contributed by atoms with Crippen LogP contribution in [-0.2, 0) is 0 Å². The van der Waals surface area contributed by atoms with Crippen LogP contribution in [0.4, 0.5) is 5.69 Å². The number of H-pyrrole nitrogens is 2. The lowest BCUT2D eigenvalue weighted by Crippen LogP contribution is -2.25. The van der Waals surface area contributed by atoms with Crippen LogP contribution in [0.1, 0.15) is 11.1 Å². The Morgan fingerprint density at radius 1 is 1.11 bits per heavy atom. The van der Waals surface area contributed by atoms with Crippen molar-refractivity contribution in [2.24, 2.45) is 0 Å². The molecule has 2 N–H and O–H groups in total. The van der Waals surface area contributed by atoms with Gasteiger partial charge in [-0.25, -0.2) is 24.4 Å². The molecule has 0 saturated carbocycles. The summed E-state index contributed by atoms with van der Waals surface area (Å²) in [5.74, 6) is 0. The van der Waals surface area contributed by atoms with E-state index in [1.807, 2.05) is 0 Å². The van der Waals surface area contributed by atoms with Crippen molar-refractivity contribution in [1.82, 2.24) is 14.8 Å². The van der Waals surface area contributed by atoms with Crippen LogP contribution in [0, 0.1) is 24.0 Å². The number of hydrogen-bond donors (Lipinski definition) is 2. The minimum Gasteiger partial charge on any atom is -0.258 e. The van der Waals surface area contributed by atoms with E-state index in [2.05, 4.69) is 10.2 Å². The van der Waals surface area contributed by atoms with E-state index in [0.29, 0.717) is 16.8 Å². The number of aromatic nitrogens is 3. The number of nitrogens with one attached hydrogen (secondary N) is 2. The molecule has 0 spiro atoms. The topological polar surface area (TPSA) is 114 Å². The predicted molar refractivity (Wildman–Crippen MR) is 63.1 cm³/mol.